The SMILES string of the molecule is O=C(Nc1ccccc1Sc1ccccc1)c1ccccc1NS(=O)(=O)c1ccccc1. The average molecular weight is 461 g/mol. The number of nitrogens with one attached hydrogen (secondary N) is 2. The molecule has 0 saturated carbocycles. The monoisotopic (exact) mass is 460 g/mol. The lowest BCUT2D eigenvalue weighted by atomic mass is 10.1. The first-order valence-corrected chi connectivity index (χ1v) is 12.1. The normalized spacial score (nSPS) is 11.0. The highest BCUT2D eigenvalue weighted by Gasteiger charge is 2.19. The van der Waals surface area contributed by atoms with Gasteiger partial charge in [0.15, 0.2) is 0 Å². The summed E-state index contributed by atoms with van der Waals surface area (Å²) < 4.78 is 28.0. The molecule has 0 aliphatic carbocycles. The molecule has 0 bridgehead atoms. The van der Waals surface area contributed by atoms with Gasteiger partial charge < -0.3 is 5.32 Å². The second-order valence-electron chi connectivity index (χ2n) is 6.83. The summed E-state index contributed by atoms with van der Waals surface area (Å²) in [5, 5.41) is 2.92. The van der Waals surface area contributed by atoms with Gasteiger partial charge in [-0.1, -0.05) is 72.4 Å². The van der Waals surface area contributed by atoms with Crippen molar-refractivity contribution in [2.24, 2.45) is 0 Å². The highest BCUT2D eigenvalue weighted by molar-refractivity contribution is 7.99. The minimum atomic E-state index is -3.83. The molecular weight excluding hydrogens is 440 g/mol. The van der Waals surface area contributed by atoms with Gasteiger partial charge in [0.2, 0.25) is 0 Å². The Morgan fingerprint density at radius 3 is 1.94 bits per heavy atom. The third-order valence-corrected chi connectivity index (χ3v) is 7.04. The van der Waals surface area contributed by atoms with Crippen LogP contribution in [0.1, 0.15) is 10.4 Å². The lowest BCUT2D eigenvalue weighted by molar-refractivity contribution is 0.102. The van der Waals surface area contributed by atoms with E-state index < -0.39 is 15.9 Å². The molecule has 1 amide bonds. The molecule has 0 heterocycles. The van der Waals surface area contributed by atoms with E-state index in [1.54, 1.807) is 42.5 Å². The van der Waals surface area contributed by atoms with E-state index in [-0.39, 0.29) is 16.1 Å². The van der Waals surface area contributed by atoms with Crippen LogP contribution in [0.4, 0.5) is 11.4 Å². The minimum absolute atomic E-state index is 0.125. The van der Waals surface area contributed by atoms with Gasteiger partial charge in [-0.2, -0.15) is 0 Å². The van der Waals surface area contributed by atoms with Crippen LogP contribution in [0, 0.1) is 0 Å². The van der Waals surface area contributed by atoms with Crippen LogP contribution in [0.15, 0.2) is 124 Å². The topological polar surface area (TPSA) is 75.3 Å². The maximum absolute atomic E-state index is 13.1. The second-order valence-corrected chi connectivity index (χ2v) is 9.63. The number of rotatable bonds is 7. The molecule has 32 heavy (non-hydrogen) atoms. The minimum Gasteiger partial charge on any atom is -0.321 e. The Balaban J connectivity index is 1.58. The largest absolute Gasteiger partial charge is 0.321 e. The number of carbonyl (C=O) groups excluding carboxylic acids is 1. The van der Waals surface area contributed by atoms with Crippen LogP contribution in [0.2, 0.25) is 0 Å². The first-order chi connectivity index (χ1) is 15.5. The molecule has 0 saturated heterocycles. The van der Waals surface area contributed by atoms with Crippen molar-refractivity contribution in [1.29, 1.82) is 0 Å². The zero-order valence-electron chi connectivity index (χ0n) is 16.9. The number of carbonyl (C=O) groups is 1. The molecule has 5 nitrogen and oxygen atoms in total. The van der Waals surface area contributed by atoms with Gasteiger partial charge in [0.1, 0.15) is 0 Å². The molecule has 4 aromatic carbocycles. The predicted octanol–water partition coefficient (Wildman–Crippen LogP) is 5.89. The second kappa shape index (κ2) is 9.72. The summed E-state index contributed by atoms with van der Waals surface area (Å²) >= 11 is 1.54. The number of anilines is 2. The quantitative estimate of drug-likeness (QED) is 0.361. The van der Waals surface area contributed by atoms with E-state index in [0.717, 1.165) is 9.79 Å². The number of hydrogen-bond donors (Lipinski definition) is 2. The molecule has 7 heteroatoms. The molecule has 0 atom stereocenters. The van der Waals surface area contributed by atoms with Gasteiger partial charge in [-0.25, -0.2) is 8.42 Å². The third kappa shape index (κ3) is 5.19. The molecule has 2 N–H and O–H groups in total. The van der Waals surface area contributed by atoms with Crippen molar-refractivity contribution in [2.75, 3.05) is 10.0 Å². The molecule has 0 radical (unpaired) electrons. The van der Waals surface area contributed by atoms with Crippen LogP contribution in [-0.2, 0) is 10.0 Å². The van der Waals surface area contributed by atoms with Crippen molar-refractivity contribution in [3.05, 3.63) is 115 Å². The fourth-order valence-electron chi connectivity index (χ4n) is 3.04. The van der Waals surface area contributed by atoms with E-state index >= 15 is 0 Å². The fraction of sp³-hybridized carbons (Fsp3) is 0. The highest BCUT2D eigenvalue weighted by atomic mass is 32.2. The lowest BCUT2D eigenvalue weighted by Gasteiger charge is -2.14. The van der Waals surface area contributed by atoms with Gasteiger partial charge in [0.25, 0.3) is 15.9 Å². The molecule has 0 unspecified atom stereocenters. The van der Waals surface area contributed by atoms with E-state index in [2.05, 4.69) is 10.0 Å². The fourth-order valence-corrected chi connectivity index (χ4v) is 5.06. The van der Waals surface area contributed by atoms with Crippen LogP contribution in [0.25, 0.3) is 0 Å². The van der Waals surface area contributed by atoms with Crippen molar-refractivity contribution >= 4 is 39.1 Å². The van der Waals surface area contributed by atoms with E-state index in [9.17, 15) is 13.2 Å². The molecule has 0 aliphatic rings. The van der Waals surface area contributed by atoms with Gasteiger partial charge in [0.05, 0.1) is 21.8 Å². The van der Waals surface area contributed by atoms with Crippen LogP contribution in [0.5, 0.6) is 0 Å². The van der Waals surface area contributed by atoms with Crippen molar-refractivity contribution in [3.63, 3.8) is 0 Å². The van der Waals surface area contributed by atoms with Gasteiger partial charge in [0, 0.05) is 9.79 Å². The van der Waals surface area contributed by atoms with Crippen LogP contribution >= 0.6 is 11.8 Å². The predicted molar refractivity (Wildman–Crippen MR) is 129 cm³/mol. The van der Waals surface area contributed by atoms with Gasteiger partial charge in [-0.15, -0.1) is 0 Å². The summed E-state index contributed by atoms with van der Waals surface area (Å²) in [6.45, 7) is 0. The zero-order chi connectivity index (χ0) is 22.4. The van der Waals surface area contributed by atoms with Gasteiger partial charge in [-0.05, 0) is 48.5 Å². The summed E-state index contributed by atoms with van der Waals surface area (Å²) in [5.74, 6) is -0.405. The highest BCUT2D eigenvalue weighted by Crippen LogP contribution is 2.33. The number of amides is 1. The van der Waals surface area contributed by atoms with Crippen molar-refractivity contribution in [3.8, 4) is 0 Å². The van der Waals surface area contributed by atoms with Crippen molar-refractivity contribution < 1.29 is 13.2 Å². The number of sulfonamides is 1. The van der Waals surface area contributed by atoms with Crippen molar-refractivity contribution in [2.45, 2.75) is 14.7 Å². The summed E-state index contributed by atoms with van der Waals surface area (Å²) in [6, 6.07) is 31.9. The molecule has 0 aromatic heterocycles. The Hall–Kier alpha value is -3.55. The average Bonchev–Trinajstić information content (AvgIpc) is 2.82. The number of benzene rings is 4. The molecule has 0 fully saturated rings. The smallest absolute Gasteiger partial charge is 0.261 e. The Kier molecular flexibility index (Phi) is 6.58. The molecule has 4 aromatic rings. The first kappa shape index (κ1) is 21.7. The van der Waals surface area contributed by atoms with Crippen LogP contribution < -0.4 is 10.0 Å². The molecule has 160 valence electrons. The summed E-state index contributed by atoms with van der Waals surface area (Å²) in [5.41, 5.74) is 1.08. The Morgan fingerprint density at radius 2 is 1.22 bits per heavy atom. The van der Waals surface area contributed by atoms with Crippen LogP contribution in [-0.4, -0.2) is 14.3 Å². The third-order valence-electron chi connectivity index (χ3n) is 4.58. The first-order valence-electron chi connectivity index (χ1n) is 9.83. The Morgan fingerprint density at radius 1 is 0.656 bits per heavy atom. The zero-order valence-corrected chi connectivity index (χ0v) is 18.6. The molecule has 4 rings (SSSR count). The molecule has 0 aliphatic heterocycles. The summed E-state index contributed by atoms with van der Waals surface area (Å²) in [4.78, 5) is 15.2. The van der Waals surface area contributed by atoms with Gasteiger partial charge >= 0.3 is 0 Å². The summed E-state index contributed by atoms with van der Waals surface area (Å²) in [6.07, 6.45) is 0. The Labute approximate surface area is 191 Å². The molecule has 0 spiro atoms. The molecular formula is C25H20N2O3S2. The standard InChI is InChI=1S/C25H20N2O3S2/c28-25(26-23-17-9-10-18-24(23)31-19-11-3-1-4-12-19)21-15-7-8-16-22(21)27-32(29,30)20-13-5-2-6-14-20/h1-18,27H,(H,26,28). The maximum Gasteiger partial charge on any atom is 0.261 e. The number of para-hydroxylation sites is 2. The van der Waals surface area contributed by atoms with Gasteiger partial charge in [-0.3, -0.25) is 9.52 Å². The van der Waals surface area contributed by atoms with E-state index in [1.807, 2.05) is 54.6 Å². The lowest BCUT2D eigenvalue weighted by Crippen LogP contribution is -2.18. The Bertz CT molecular complexity index is 1330. The summed E-state index contributed by atoms with van der Waals surface area (Å²) in [7, 11) is -3.83. The van der Waals surface area contributed by atoms with E-state index in [0.29, 0.717) is 5.69 Å². The van der Waals surface area contributed by atoms with Crippen molar-refractivity contribution in [1.82, 2.24) is 0 Å². The van der Waals surface area contributed by atoms with Crippen LogP contribution in [0.3, 0.4) is 0 Å². The van der Waals surface area contributed by atoms with E-state index in [1.165, 1.54) is 23.9 Å². The van der Waals surface area contributed by atoms with E-state index in [4.69, 9.17) is 0 Å². The maximum atomic E-state index is 13.1. The number of hydrogen-bond acceptors (Lipinski definition) is 4.